The van der Waals surface area contributed by atoms with Gasteiger partial charge in [-0.1, -0.05) is 6.92 Å². The molecule has 18 heavy (non-hydrogen) atoms. The van der Waals surface area contributed by atoms with Crippen molar-refractivity contribution in [1.82, 2.24) is 10.6 Å². The van der Waals surface area contributed by atoms with Gasteiger partial charge in [0.25, 0.3) is 0 Å². The van der Waals surface area contributed by atoms with Gasteiger partial charge in [0, 0.05) is 13.1 Å². The Bertz CT molecular complexity index is 291. The van der Waals surface area contributed by atoms with Crippen LogP contribution in [0.15, 0.2) is 0 Å². The minimum Gasteiger partial charge on any atom is -0.363 e. The monoisotopic (exact) mass is 266 g/mol. The highest BCUT2D eigenvalue weighted by molar-refractivity contribution is 7.80. The summed E-state index contributed by atoms with van der Waals surface area (Å²) in [5.41, 5.74) is 0.590. The summed E-state index contributed by atoms with van der Waals surface area (Å²) < 4.78 is 0. The van der Waals surface area contributed by atoms with Crippen molar-refractivity contribution in [2.75, 3.05) is 13.1 Å². The predicted molar refractivity (Wildman–Crippen MR) is 79.5 cm³/mol. The van der Waals surface area contributed by atoms with E-state index < -0.39 is 0 Å². The molecule has 0 amide bonds. The fourth-order valence-electron chi connectivity index (χ4n) is 5.08. The summed E-state index contributed by atoms with van der Waals surface area (Å²) in [5, 5.41) is 7.65. The maximum absolute atomic E-state index is 5.35. The van der Waals surface area contributed by atoms with Gasteiger partial charge < -0.3 is 10.6 Å². The minimum atomic E-state index is 0.590. The number of hydrogen-bond acceptors (Lipinski definition) is 1. The molecule has 4 saturated carbocycles. The molecule has 0 aromatic heterocycles. The Balaban J connectivity index is 1.54. The van der Waals surface area contributed by atoms with Crippen LogP contribution in [0.2, 0.25) is 0 Å². The molecule has 102 valence electrons. The topological polar surface area (TPSA) is 24.1 Å². The van der Waals surface area contributed by atoms with Gasteiger partial charge in [-0.15, -0.1) is 0 Å². The van der Waals surface area contributed by atoms with Crippen LogP contribution in [0.5, 0.6) is 0 Å². The maximum atomic E-state index is 5.35. The summed E-state index contributed by atoms with van der Waals surface area (Å²) in [7, 11) is 0. The van der Waals surface area contributed by atoms with Crippen LogP contribution < -0.4 is 10.6 Å². The second kappa shape index (κ2) is 4.99. The molecule has 0 aromatic carbocycles. The SMILES string of the molecule is CCCNC(=S)NCC12CC3CC(CC(C3)C1)C2. The molecular weight excluding hydrogens is 240 g/mol. The first-order chi connectivity index (χ1) is 8.69. The summed E-state index contributed by atoms with van der Waals surface area (Å²) in [6.45, 7) is 4.29. The number of rotatable bonds is 4. The number of nitrogens with one attached hydrogen (secondary N) is 2. The molecule has 4 aliphatic rings. The minimum absolute atomic E-state index is 0.590. The van der Waals surface area contributed by atoms with Crippen LogP contribution in [0.4, 0.5) is 0 Å². The Morgan fingerprint density at radius 2 is 1.61 bits per heavy atom. The van der Waals surface area contributed by atoms with Gasteiger partial charge >= 0.3 is 0 Å². The Morgan fingerprint density at radius 3 is 2.11 bits per heavy atom. The molecule has 4 bridgehead atoms. The highest BCUT2D eigenvalue weighted by Crippen LogP contribution is 2.59. The molecule has 2 N–H and O–H groups in total. The zero-order valence-electron chi connectivity index (χ0n) is 11.5. The summed E-state index contributed by atoms with van der Waals surface area (Å²) in [6, 6.07) is 0. The standard InChI is InChI=1S/C15H26N2S/c1-2-3-16-14(18)17-10-15-7-11-4-12(8-15)6-13(5-11)9-15/h11-13H,2-10H2,1H3,(H2,16,17,18). The average molecular weight is 266 g/mol. The number of thiocarbonyl (C=S) groups is 1. The van der Waals surface area contributed by atoms with Crippen LogP contribution in [0, 0.1) is 23.2 Å². The Labute approximate surface area is 116 Å². The van der Waals surface area contributed by atoms with E-state index in [9.17, 15) is 0 Å². The van der Waals surface area contributed by atoms with Gasteiger partial charge in [0.05, 0.1) is 0 Å². The fourth-order valence-corrected chi connectivity index (χ4v) is 5.25. The first kappa shape index (κ1) is 12.7. The molecule has 0 unspecified atom stereocenters. The Hall–Kier alpha value is -0.310. The second-order valence-electron chi connectivity index (χ2n) is 7.03. The van der Waals surface area contributed by atoms with Gasteiger partial charge in [0.15, 0.2) is 5.11 Å². The quantitative estimate of drug-likeness (QED) is 0.765. The molecule has 0 radical (unpaired) electrons. The largest absolute Gasteiger partial charge is 0.363 e. The van der Waals surface area contributed by atoms with Gasteiger partial charge in [0.2, 0.25) is 0 Å². The molecular formula is C15H26N2S. The molecule has 4 aliphatic carbocycles. The molecule has 0 heterocycles. The van der Waals surface area contributed by atoms with Crippen LogP contribution in [0.3, 0.4) is 0 Å². The van der Waals surface area contributed by atoms with E-state index in [1.54, 1.807) is 0 Å². The summed E-state index contributed by atoms with van der Waals surface area (Å²) in [6.07, 6.45) is 10.1. The normalized spacial score (nSPS) is 40.8. The average Bonchev–Trinajstić information content (AvgIpc) is 2.32. The number of hydrogen-bond donors (Lipinski definition) is 2. The molecule has 2 nitrogen and oxygen atoms in total. The Kier molecular flexibility index (Phi) is 3.52. The van der Waals surface area contributed by atoms with E-state index in [4.69, 9.17) is 12.2 Å². The lowest BCUT2D eigenvalue weighted by Crippen LogP contribution is -2.52. The molecule has 3 heteroatoms. The third-order valence-electron chi connectivity index (χ3n) is 5.32. The molecule has 0 aliphatic heterocycles. The van der Waals surface area contributed by atoms with E-state index in [0.717, 1.165) is 42.4 Å². The lowest BCUT2D eigenvalue weighted by molar-refractivity contribution is -0.0491. The van der Waals surface area contributed by atoms with E-state index in [2.05, 4.69) is 17.6 Å². The van der Waals surface area contributed by atoms with Crippen molar-refractivity contribution in [3.8, 4) is 0 Å². The molecule has 0 saturated heterocycles. The van der Waals surface area contributed by atoms with Crippen molar-refractivity contribution in [3.05, 3.63) is 0 Å². The van der Waals surface area contributed by atoms with Crippen LogP contribution in [0.1, 0.15) is 51.9 Å². The van der Waals surface area contributed by atoms with Gasteiger partial charge in [-0.3, -0.25) is 0 Å². The smallest absolute Gasteiger partial charge is 0.166 e. The summed E-state index contributed by atoms with van der Waals surface area (Å²) in [4.78, 5) is 0. The first-order valence-electron chi connectivity index (χ1n) is 7.71. The third-order valence-corrected chi connectivity index (χ3v) is 5.61. The van der Waals surface area contributed by atoms with Crippen LogP contribution in [0.25, 0.3) is 0 Å². The first-order valence-corrected chi connectivity index (χ1v) is 8.12. The molecule has 4 rings (SSSR count). The van der Waals surface area contributed by atoms with Crippen molar-refractivity contribution >= 4 is 17.3 Å². The van der Waals surface area contributed by atoms with Crippen LogP contribution in [-0.2, 0) is 0 Å². The predicted octanol–water partition coefficient (Wildman–Crippen LogP) is 3.08. The van der Waals surface area contributed by atoms with Crippen molar-refractivity contribution in [2.45, 2.75) is 51.9 Å². The lowest BCUT2D eigenvalue weighted by atomic mass is 9.49. The summed E-state index contributed by atoms with van der Waals surface area (Å²) >= 11 is 5.35. The van der Waals surface area contributed by atoms with E-state index >= 15 is 0 Å². The van der Waals surface area contributed by atoms with Crippen molar-refractivity contribution < 1.29 is 0 Å². The van der Waals surface area contributed by atoms with E-state index in [-0.39, 0.29) is 0 Å². The molecule has 4 fully saturated rings. The molecule has 0 atom stereocenters. The summed E-state index contributed by atoms with van der Waals surface area (Å²) in [5.74, 6) is 3.11. The molecule has 0 spiro atoms. The van der Waals surface area contributed by atoms with Gasteiger partial charge in [-0.2, -0.15) is 0 Å². The maximum Gasteiger partial charge on any atom is 0.166 e. The zero-order valence-corrected chi connectivity index (χ0v) is 12.3. The van der Waals surface area contributed by atoms with Crippen molar-refractivity contribution in [3.63, 3.8) is 0 Å². The zero-order chi connectivity index (χ0) is 12.6. The fraction of sp³-hybridized carbons (Fsp3) is 0.933. The van der Waals surface area contributed by atoms with Crippen molar-refractivity contribution in [1.29, 1.82) is 0 Å². The van der Waals surface area contributed by atoms with Crippen LogP contribution in [-0.4, -0.2) is 18.2 Å². The van der Waals surface area contributed by atoms with Crippen molar-refractivity contribution in [2.24, 2.45) is 23.2 Å². The lowest BCUT2D eigenvalue weighted by Gasteiger charge is -2.57. The Morgan fingerprint density at radius 1 is 1.06 bits per heavy atom. The van der Waals surface area contributed by atoms with Gasteiger partial charge in [-0.25, -0.2) is 0 Å². The van der Waals surface area contributed by atoms with Gasteiger partial charge in [-0.05, 0) is 80.3 Å². The van der Waals surface area contributed by atoms with Gasteiger partial charge in [0.1, 0.15) is 0 Å². The van der Waals surface area contributed by atoms with E-state index in [0.29, 0.717) is 5.41 Å². The highest BCUT2D eigenvalue weighted by Gasteiger charge is 2.50. The highest BCUT2D eigenvalue weighted by atomic mass is 32.1. The van der Waals surface area contributed by atoms with E-state index in [1.165, 1.54) is 38.5 Å². The third kappa shape index (κ3) is 2.52. The second-order valence-corrected chi connectivity index (χ2v) is 7.44. The molecule has 0 aromatic rings. The van der Waals surface area contributed by atoms with Crippen LogP contribution >= 0.6 is 12.2 Å². The van der Waals surface area contributed by atoms with E-state index in [1.807, 2.05) is 0 Å².